The van der Waals surface area contributed by atoms with E-state index in [9.17, 15) is 8.78 Å². The Balaban J connectivity index is 2.58. The van der Waals surface area contributed by atoms with Crippen LogP contribution in [0.4, 0.5) is 8.78 Å². The normalized spacial score (nSPS) is 10.6. The zero-order chi connectivity index (χ0) is 10.8. The van der Waals surface area contributed by atoms with E-state index in [2.05, 4.69) is 21.0 Å². The quantitative estimate of drug-likeness (QED) is 0.769. The van der Waals surface area contributed by atoms with E-state index in [1.54, 1.807) is 6.07 Å². The molecule has 0 aliphatic rings. The molecule has 0 unspecified atom stereocenters. The summed E-state index contributed by atoms with van der Waals surface area (Å²) in [5.41, 5.74) is 0.408. The second-order valence-electron chi connectivity index (χ2n) is 2.99. The third kappa shape index (κ3) is 1.92. The fourth-order valence-electron chi connectivity index (χ4n) is 1.32. The standard InChI is InChI=1S/C10H7BrF2N2/c11-6-7-4-8(12)10(9(13)5-7)15-3-1-2-14-15/h1-5H,6H2. The van der Waals surface area contributed by atoms with Crippen LogP contribution in [0.3, 0.4) is 0 Å². The molecule has 5 heteroatoms. The minimum Gasteiger partial charge on any atom is -0.235 e. The molecule has 1 aromatic heterocycles. The van der Waals surface area contributed by atoms with Crippen LogP contribution in [0.2, 0.25) is 0 Å². The Labute approximate surface area is 93.7 Å². The zero-order valence-electron chi connectivity index (χ0n) is 7.62. The predicted molar refractivity (Wildman–Crippen MR) is 56.1 cm³/mol. The lowest BCUT2D eigenvalue weighted by molar-refractivity contribution is 0.558. The summed E-state index contributed by atoms with van der Waals surface area (Å²) in [5, 5.41) is 4.21. The summed E-state index contributed by atoms with van der Waals surface area (Å²) in [6.07, 6.45) is 2.96. The van der Waals surface area contributed by atoms with Gasteiger partial charge in [0.1, 0.15) is 5.69 Å². The predicted octanol–water partition coefficient (Wildman–Crippen LogP) is 3.05. The summed E-state index contributed by atoms with van der Waals surface area (Å²) in [4.78, 5) is 0. The van der Waals surface area contributed by atoms with Crippen molar-refractivity contribution in [1.82, 2.24) is 9.78 Å². The summed E-state index contributed by atoms with van der Waals surface area (Å²) in [6.45, 7) is 0. The van der Waals surface area contributed by atoms with Gasteiger partial charge in [0.05, 0.1) is 0 Å². The van der Waals surface area contributed by atoms with E-state index in [1.165, 1.54) is 29.2 Å². The Kier molecular flexibility index (Phi) is 2.81. The average Bonchev–Trinajstić information content (AvgIpc) is 2.69. The first-order valence-corrected chi connectivity index (χ1v) is 5.38. The van der Waals surface area contributed by atoms with Crippen molar-refractivity contribution in [3.63, 3.8) is 0 Å². The number of nitrogens with zero attached hydrogens (tertiary/aromatic N) is 2. The molecule has 0 saturated heterocycles. The number of hydrogen-bond donors (Lipinski definition) is 0. The van der Waals surface area contributed by atoms with Gasteiger partial charge in [-0.3, -0.25) is 0 Å². The van der Waals surface area contributed by atoms with E-state index >= 15 is 0 Å². The minimum absolute atomic E-state index is 0.148. The fourth-order valence-corrected chi connectivity index (χ4v) is 1.64. The van der Waals surface area contributed by atoms with Crippen molar-refractivity contribution in [2.75, 3.05) is 0 Å². The molecule has 0 spiro atoms. The molecular formula is C10H7BrF2N2. The molecule has 0 atom stereocenters. The number of hydrogen-bond acceptors (Lipinski definition) is 1. The topological polar surface area (TPSA) is 17.8 Å². The molecule has 0 fully saturated rings. The first-order valence-electron chi connectivity index (χ1n) is 4.26. The molecule has 0 radical (unpaired) electrons. The van der Waals surface area contributed by atoms with Crippen LogP contribution < -0.4 is 0 Å². The average molecular weight is 273 g/mol. The molecule has 2 rings (SSSR count). The van der Waals surface area contributed by atoms with Gasteiger partial charge in [-0.2, -0.15) is 5.10 Å². The molecule has 0 aliphatic heterocycles. The maximum Gasteiger partial charge on any atom is 0.152 e. The lowest BCUT2D eigenvalue weighted by Crippen LogP contribution is -2.02. The van der Waals surface area contributed by atoms with Gasteiger partial charge in [0.15, 0.2) is 11.6 Å². The van der Waals surface area contributed by atoms with Gasteiger partial charge in [-0.25, -0.2) is 13.5 Å². The molecule has 0 aliphatic carbocycles. The van der Waals surface area contributed by atoms with Crippen molar-refractivity contribution in [2.45, 2.75) is 5.33 Å². The number of benzene rings is 1. The van der Waals surface area contributed by atoms with Gasteiger partial charge < -0.3 is 0 Å². The van der Waals surface area contributed by atoms with E-state index in [0.717, 1.165) is 0 Å². The lowest BCUT2D eigenvalue weighted by Gasteiger charge is -2.06. The Morgan fingerprint density at radius 3 is 2.40 bits per heavy atom. The van der Waals surface area contributed by atoms with Crippen LogP contribution in [0.1, 0.15) is 5.56 Å². The van der Waals surface area contributed by atoms with E-state index in [1.807, 2.05) is 0 Å². The Morgan fingerprint density at radius 1 is 1.27 bits per heavy atom. The number of aromatic nitrogens is 2. The van der Waals surface area contributed by atoms with Crippen molar-refractivity contribution < 1.29 is 8.78 Å². The lowest BCUT2D eigenvalue weighted by atomic mass is 10.2. The van der Waals surface area contributed by atoms with Gasteiger partial charge in [0.25, 0.3) is 0 Å². The molecular weight excluding hydrogens is 266 g/mol. The van der Waals surface area contributed by atoms with Crippen LogP contribution >= 0.6 is 15.9 Å². The smallest absolute Gasteiger partial charge is 0.152 e. The number of alkyl halides is 1. The van der Waals surface area contributed by atoms with Crippen molar-refractivity contribution in [1.29, 1.82) is 0 Å². The highest BCUT2D eigenvalue weighted by Gasteiger charge is 2.12. The Bertz CT molecular complexity index is 445. The largest absolute Gasteiger partial charge is 0.235 e. The maximum atomic E-state index is 13.5. The van der Waals surface area contributed by atoms with Gasteiger partial charge >= 0.3 is 0 Å². The molecule has 0 N–H and O–H groups in total. The minimum atomic E-state index is -0.617. The third-order valence-electron chi connectivity index (χ3n) is 1.96. The van der Waals surface area contributed by atoms with E-state index < -0.39 is 11.6 Å². The Hall–Kier alpha value is -1.23. The van der Waals surface area contributed by atoms with Crippen molar-refractivity contribution in [2.24, 2.45) is 0 Å². The third-order valence-corrected chi connectivity index (χ3v) is 2.61. The van der Waals surface area contributed by atoms with Gasteiger partial charge in [-0.1, -0.05) is 15.9 Å². The van der Waals surface area contributed by atoms with Gasteiger partial charge in [0, 0.05) is 17.7 Å². The molecule has 2 nitrogen and oxygen atoms in total. The molecule has 2 aromatic rings. The Morgan fingerprint density at radius 2 is 1.93 bits per heavy atom. The van der Waals surface area contributed by atoms with Crippen LogP contribution in [-0.4, -0.2) is 9.78 Å². The second-order valence-corrected chi connectivity index (χ2v) is 3.55. The summed E-state index contributed by atoms with van der Waals surface area (Å²) in [6, 6.07) is 4.18. The summed E-state index contributed by atoms with van der Waals surface area (Å²) < 4.78 is 28.2. The first-order chi connectivity index (χ1) is 7.22. The highest BCUT2D eigenvalue weighted by atomic mass is 79.9. The molecule has 15 heavy (non-hydrogen) atoms. The van der Waals surface area contributed by atoms with Crippen LogP contribution in [0.15, 0.2) is 30.6 Å². The van der Waals surface area contributed by atoms with Gasteiger partial charge in [0.2, 0.25) is 0 Å². The molecule has 0 amide bonds. The number of halogens is 3. The molecule has 78 valence electrons. The highest BCUT2D eigenvalue weighted by Crippen LogP contribution is 2.20. The van der Waals surface area contributed by atoms with E-state index in [0.29, 0.717) is 10.9 Å². The van der Waals surface area contributed by atoms with Crippen LogP contribution in [0.25, 0.3) is 5.69 Å². The maximum absolute atomic E-state index is 13.5. The van der Waals surface area contributed by atoms with Crippen LogP contribution in [0, 0.1) is 11.6 Å². The zero-order valence-corrected chi connectivity index (χ0v) is 9.21. The van der Waals surface area contributed by atoms with Crippen molar-refractivity contribution in [3.8, 4) is 5.69 Å². The van der Waals surface area contributed by atoms with Gasteiger partial charge in [-0.05, 0) is 23.8 Å². The fraction of sp³-hybridized carbons (Fsp3) is 0.100. The van der Waals surface area contributed by atoms with E-state index in [-0.39, 0.29) is 5.69 Å². The highest BCUT2D eigenvalue weighted by molar-refractivity contribution is 9.08. The van der Waals surface area contributed by atoms with Gasteiger partial charge in [-0.15, -0.1) is 0 Å². The molecule has 1 heterocycles. The summed E-state index contributed by atoms with van der Waals surface area (Å²) in [5.74, 6) is -1.23. The van der Waals surface area contributed by atoms with E-state index in [4.69, 9.17) is 0 Å². The van der Waals surface area contributed by atoms with Crippen LogP contribution in [-0.2, 0) is 5.33 Å². The summed E-state index contributed by atoms with van der Waals surface area (Å²) >= 11 is 3.14. The second kappa shape index (κ2) is 4.10. The van der Waals surface area contributed by atoms with Crippen LogP contribution in [0.5, 0.6) is 0 Å². The number of rotatable bonds is 2. The molecule has 0 bridgehead atoms. The van der Waals surface area contributed by atoms with Crippen molar-refractivity contribution in [3.05, 3.63) is 47.8 Å². The molecule has 1 aromatic carbocycles. The SMILES string of the molecule is Fc1cc(CBr)cc(F)c1-n1cccn1. The first kappa shape index (κ1) is 10.3. The summed E-state index contributed by atoms with van der Waals surface area (Å²) in [7, 11) is 0. The monoisotopic (exact) mass is 272 g/mol. The van der Waals surface area contributed by atoms with Crippen molar-refractivity contribution >= 4 is 15.9 Å². The molecule has 0 saturated carbocycles.